The van der Waals surface area contributed by atoms with E-state index in [9.17, 15) is 10.1 Å². The molecule has 1 heterocycles. The Kier molecular flexibility index (Phi) is 5.20. The lowest BCUT2D eigenvalue weighted by Gasteiger charge is -2.10. The molecular weight excluding hydrogens is 500 g/mol. The molecular formula is C30H19BrN2O2. The lowest BCUT2D eigenvalue weighted by atomic mass is 9.98. The summed E-state index contributed by atoms with van der Waals surface area (Å²) in [5.41, 5.74) is 6.95. The zero-order valence-corrected chi connectivity index (χ0v) is 20.1. The first-order chi connectivity index (χ1) is 17.1. The maximum atomic E-state index is 11.9. The van der Waals surface area contributed by atoms with Crippen LogP contribution in [-0.2, 0) is 0 Å². The largest absolute Gasteiger partial charge is 0.309 e. The van der Waals surface area contributed by atoms with Crippen LogP contribution in [-0.4, -0.2) is 9.49 Å². The Hall–Kier alpha value is -4.22. The average molecular weight is 519 g/mol. The van der Waals surface area contributed by atoms with Crippen molar-refractivity contribution in [3.63, 3.8) is 0 Å². The Labute approximate surface area is 210 Å². The van der Waals surface area contributed by atoms with Gasteiger partial charge in [-0.1, -0.05) is 88.7 Å². The SMILES string of the molecule is O=[N+]([O-])c1ccc(Br)cc1-c1cccc2c1c1ccccc1n2-c1ccc(-c2ccccc2)cc1. The van der Waals surface area contributed by atoms with Gasteiger partial charge in [-0.05, 0) is 53.1 Å². The molecule has 0 aliphatic heterocycles. The number of fused-ring (bicyclic) bond motifs is 3. The van der Waals surface area contributed by atoms with Gasteiger partial charge in [0, 0.05) is 27.0 Å². The monoisotopic (exact) mass is 518 g/mol. The highest BCUT2D eigenvalue weighted by Gasteiger charge is 2.21. The van der Waals surface area contributed by atoms with Crippen molar-refractivity contribution in [3.8, 4) is 27.9 Å². The van der Waals surface area contributed by atoms with Crippen LogP contribution in [0.2, 0.25) is 0 Å². The summed E-state index contributed by atoms with van der Waals surface area (Å²) in [5, 5.41) is 13.9. The predicted molar refractivity (Wildman–Crippen MR) is 146 cm³/mol. The lowest BCUT2D eigenvalue weighted by Crippen LogP contribution is -1.94. The number of nitro benzene ring substituents is 1. The summed E-state index contributed by atoms with van der Waals surface area (Å²) >= 11 is 3.50. The van der Waals surface area contributed by atoms with E-state index in [0.717, 1.165) is 43.1 Å². The first-order valence-electron chi connectivity index (χ1n) is 11.2. The fourth-order valence-corrected chi connectivity index (χ4v) is 5.20. The number of hydrogen-bond donors (Lipinski definition) is 0. The topological polar surface area (TPSA) is 48.1 Å². The standard InChI is InChI=1S/C30H19BrN2O2/c31-22-15-18-28(33(34)35)26(19-22)24-10-6-12-29-30(24)25-9-4-5-11-27(25)32(29)23-16-13-21(14-17-23)20-7-2-1-3-8-20/h1-19H. The molecule has 0 fully saturated rings. The van der Waals surface area contributed by atoms with Crippen molar-refractivity contribution in [1.82, 2.24) is 4.57 Å². The minimum Gasteiger partial charge on any atom is -0.309 e. The van der Waals surface area contributed by atoms with Crippen molar-refractivity contribution in [2.24, 2.45) is 0 Å². The molecule has 0 aliphatic rings. The van der Waals surface area contributed by atoms with Crippen LogP contribution in [0.5, 0.6) is 0 Å². The first kappa shape index (κ1) is 21.3. The summed E-state index contributed by atoms with van der Waals surface area (Å²) in [4.78, 5) is 11.5. The molecule has 0 spiro atoms. The molecule has 5 heteroatoms. The van der Waals surface area contributed by atoms with Crippen LogP contribution in [0.15, 0.2) is 120 Å². The van der Waals surface area contributed by atoms with Gasteiger partial charge in [0.25, 0.3) is 5.69 Å². The molecule has 5 aromatic carbocycles. The minimum absolute atomic E-state index is 0.0877. The number of para-hydroxylation sites is 1. The number of rotatable bonds is 4. The van der Waals surface area contributed by atoms with Gasteiger partial charge in [0.2, 0.25) is 0 Å². The van der Waals surface area contributed by atoms with Gasteiger partial charge < -0.3 is 4.57 Å². The molecule has 0 bridgehead atoms. The Morgan fingerprint density at radius 2 is 1.34 bits per heavy atom. The molecule has 0 aliphatic carbocycles. The van der Waals surface area contributed by atoms with E-state index < -0.39 is 0 Å². The molecule has 0 radical (unpaired) electrons. The van der Waals surface area contributed by atoms with E-state index >= 15 is 0 Å². The molecule has 1 aromatic heterocycles. The molecule has 0 atom stereocenters. The fourth-order valence-electron chi connectivity index (χ4n) is 4.84. The second kappa shape index (κ2) is 8.53. The minimum atomic E-state index is -0.317. The van der Waals surface area contributed by atoms with Crippen LogP contribution in [0, 0.1) is 10.1 Å². The quantitative estimate of drug-likeness (QED) is 0.173. The maximum absolute atomic E-state index is 11.9. The van der Waals surface area contributed by atoms with Gasteiger partial charge in [-0.3, -0.25) is 10.1 Å². The Morgan fingerprint density at radius 3 is 2.11 bits per heavy atom. The van der Waals surface area contributed by atoms with Crippen molar-refractivity contribution < 1.29 is 4.92 Å². The Balaban J connectivity index is 1.62. The summed E-state index contributed by atoms with van der Waals surface area (Å²) < 4.78 is 3.03. The van der Waals surface area contributed by atoms with Crippen molar-refractivity contribution in [2.45, 2.75) is 0 Å². The number of aromatic nitrogens is 1. The van der Waals surface area contributed by atoms with E-state index in [1.807, 2.05) is 48.5 Å². The summed E-state index contributed by atoms with van der Waals surface area (Å²) in [6.45, 7) is 0. The number of nitro groups is 1. The van der Waals surface area contributed by atoms with Crippen LogP contribution in [0.3, 0.4) is 0 Å². The van der Waals surface area contributed by atoms with Crippen molar-refractivity contribution in [2.75, 3.05) is 0 Å². The highest BCUT2D eigenvalue weighted by atomic mass is 79.9. The van der Waals surface area contributed by atoms with E-state index in [1.165, 1.54) is 5.56 Å². The number of hydrogen-bond acceptors (Lipinski definition) is 2. The Morgan fingerprint density at radius 1 is 0.657 bits per heavy atom. The van der Waals surface area contributed by atoms with E-state index in [0.29, 0.717) is 5.56 Å². The molecule has 6 aromatic rings. The molecule has 4 nitrogen and oxygen atoms in total. The third-order valence-electron chi connectivity index (χ3n) is 6.38. The van der Waals surface area contributed by atoms with Crippen molar-refractivity contribution in [3.05, 3.63) is 130 Å². The highest BCUT2D eigenvalue weighted by molar-refractivity contribution is 9.10. The molecule has 0 unspecified atom stereocenters. The van der Waals surface area contributed by atoms with Gasteiger partial charge in [0.1, 0.15) is 0 Å². The third-order valence-corrected chi connectivity index (χ3v) is 6.87. The third kappa shape index (κ3) is 3.61. The smallest absolute Gasteiger partial charge is 0.277 e. The second-order valence-electron chi connectivity index (χ2n) is 8.38. The zero-order valence-electron chi connectivity index (χ0n) is 18.6. The highest BCUT2D eigenvalue weighted by Crippen LogP contribution is 2.42. The van der Waals surface area contributed by atoms with Gasteiger partial charge >= 0.3 is 0 Å². The molecule has 0 saturated carbocycles. The lowest BCUT2D eigenvalue weighted by molar-refractivity contribution is -0.384. The zero-order chi connectivity index (χ0) is 23.9. The molecule has 0 saturated heterocycles. The molecule has 168 valence electrons. The number of nitrogens with zero attached hydrogens (tertiary/aromatic N) is 2. The summed E-state index contributed by atoms with van der Waals surface area (Å²) in [6, 6.07) is 38.1. The predicted octanol–water partition coefficient (Wildman–Crippen LogP) is 8.79. The van der Waals surface area contributed by atoms with Gasteiger partial charge in [-0.25, -0.2) is 0 Å². The summed E-state index contributed by atoms with van der Waals surface area (Å²) in [7, 11) is 0. The number of halogens is 1. The van der Waals surface area contributed by atoms with Crippen LogP contribution in [0.1, 0.15) is 0 Å². The van der Waals surface area contributed by atoms with E-state index in [4.69, 9.17) is 0 Å². The molecule has 6 rings (SSSR count). The van der Waals surface area contributed by atoms with E-state index in [1.54, 1.807) is 12.1 Å². The van der Waals surface area contributed by atoms with Crippen molar-refractivity contribution >= 4 is 43.4 Å². The van der Waals surface area contributed by atoms with Crippen LogP contribution in [0.4, 0.5) is 5.69 Å². The van der Waals surface area contributed by atoms with Crippen LogP contribution in [0.25, 0.3) is 49.7 Å². The van der Waals surface area contributed by atoms with E-state index in [2.05, 4.69) is 75.1 Å². The maximum Gasteiger partial charge on any atom is 0.277 e. The fraction of sp³-hybridized carbons (Fsp3) is 0. The van der Waals surface area contributed by atoms with Crippen molar-refractivity contribution in [1.29, 1.82) is 0 Å². The summed E-state index contributed by atoms with van der Waals surface area (Å²) in [6.07, 6.45) is 0. The molecule has 35 heavy (non-hydrogen) atoms. The molecule has 0 N–H and O–H groups in total. The van der Waals surface area contributed by atoms with Gasteiger partial charge in [0.05, 0.1) is 21.5 Å². The van der Waals surface area contributed by atoms with Crippen LogP contribution < -0.4 is 0 Å². The summed E-state index contributed by atoms with van der Waals surface area (Å²) in [5.74, 6) is 0. The van der Waals surface area contributed by atoms with Gasteiger partial charge in [-0.2, -0.15) is 0 Å². The van der Waals surface area contributed by atoms with E-state index in [-0.39, 0.29) is 10.6 Å². The Bertz CT molecular complexity index is 1720. The average Bonchev–Trinajstić information content (AvgIpc) is 3.24. The van der Waals surface area contributed by atoms with Crippen LogP contribution >= 0.6 is 15.9 Å². The van der Waals surface area contributed by atoms with Gasteiger partial charge in [0.15, 0.2) is 0 Å². The first-order valence-corrected chi connectivity index (χ1v) is 12.0. The normalized spacial score (nSPS) is 11.2. The van der Waals surface area contributed by atoms with Gasteiger partial charge in [-0.15, -0.1) is 0 Å². The number of benzene rings is 5. The molecule has 0 amide bonds. The second-order valence-corrected chi connectivity index (χ2v) is 9.30.